The van der Waals surface area contributed by atoms with Crippen LogP contribution in [0.2, 0.25) is 0 Å². The van der Waals surface area contributed by atoms with Crippen LogP contribution in [-0.4, -0.2) is 49.7 Å². The Bertz CT molecular complexity index is 1060. The fourth-order valence-electron chi connectivity index (χ4n) is 3.11. The van der Waals surface area contributed by atoms with E-state index in [0.29, 0.717) is 28.6 Å². The third-order valence-electron chi connectivity index (χ3n) is 4.27. The largest absolute Gasteiger partial charge is 0.496 e. The van der Waals surface area contributed by atoms with Gasteiger partial charge in [0.1, 0.15) is 27.6 Å². The number of amides is 1. The molecule has 0 fully saturated rings. The molecule has 0 aliphatic rings. The molecule has 1 N–H and O–H groups in total. The second-order valence-corrected chi connectivity index (χ2v) is 8.52. The second-order valence-electron chi connectivity index (χ2n) is 7.66. The van der Waals surface area contributed by atoms with Gasteiger partial charge in [-0.1, -0.05) is 0 Å². The fourth-order valence-corrected chi connectivity index (χ4v) is 4.04. The van der Waals surface area contributed by atoms with Gasteiger partial charge >= 0.3 is 6.09 Å². The first-order valence-electron chi connectivity index (χ1n) is 9.50. The highest BCUT2D eigenvalue weighted by molar-refractivity contribution is 7.16. The Morgan fingerprint density at radius 3 is 2.26 bits per heavy atom. The van der Waals surface area contributed by atoms with Crippen LogP contribution in [0.25, 0.3) is 16.1 Å². The standard InChI is InChI=1S/C21H27N3O6S/c1-21(2,3)30-20(25)22-17-18(29-7)23-24-13(11-31-19(17)24)16-14(27-5)8-12(10-26-4)9-15(16)28-6/h8-9,11H,10H2,1-7H3,(H,22,25). The van der Waals surface area contributed by atoms with Crippen molar-refractivity contribution in [1.29, 1.82) is 0 Å². The van der Waals surface area contributed by atoms with Crippen molar-refractivity contribution < 1.29 is 28.5 Å². The van der Waals surface area contributed by atoms with Gasteiger partial charge in [-0.3, -0.25) is 5.32 Å². The lowest BCUT2D eigenvalue weighted by Gasteiger charge is -2.19. The van der Waals surface area contributed by atoms with E-state index in [-0.39, 0.29) is 5.88 Å². The van der Waals surface area contributed by atoms with Gasteiger partial charge in [-0.15, -0.1) is 16.4 Å². The average Bonchev–Trinajstić information content (AvgIpc) is 3.25. The Morgan fingerprint density at radius 2 is 1.74 bits per heavy atom. The number of hydrogen-bond acceptors (Lipinski definition) is 8. The predicted molar refractivity (Wildman–Crippen MR) is 119 cm³/mol. The number of nitrogens with zero attached hydrogens (tertiary/aromatic N) is 2. The molecule has 2 heterocycles. The zero-order valence-corrected chi connectivity index (χ0v) is 19.5. The number of benzene rings is 1. The number of methoxy groups -OCH3 is 4. The molecule has 31 heavy (non-hydrogen) atoms. The lowest BCUT2D eigenvalue weighted by molar-refractivity contribution is 0.0635. The quantitative estimate of drug-likeness (QED) is 0.564. The van der Waals surface area contributed by atoms with Crippen LogP contribution in [0.4, 0.5) is 10.5 Å². The number of aromatic nitrogens is 2. The fraction of sp³-hybridized carbons (Fsp3) is 0.429. The van der Waals surface area contributed by atoms with Crippen molar-refractivity contribution in [3.05, 3.63) is 23.1 Å². The van der Waals surface area contributed by atoms with E-state index in [1.165, 1.54) is 18.4 Å². The maximum absolute atomic E-state index is 12.3. The van der Waals surface area contributed by atoms with Gasteiger partial charge in [0, 0.05) is 12.5 Å². The minimum atomic E-state index is -0.630. The van der Waals surface area contributed by atoms with E-state index in [1.807, 2.05) is 17.5 Å². The highest BCUT2D eigenvalue weighted by Crippen LogP contribution is 2.44. The normalized spacial score (nSPS) is 11.5. The van der Waals surface area contributed by atoms with Crippen molar-refractivity contribution in [2.24, 2.45) is 0 Å². The molecule has 9 nitrogen and oxygen atoms in total. The minimum Gasteiger partial charge on any atom is -0.496 e. The van der Waals surface area contributed by atoms with Crippen LogP contribution in [-0.2, 0) is 16.1 Å². The molecule has 3 aromatic rings. The molecule has 0 atom stereocenters. The molecule has 3 rings (SSSR count). The molecule has 0 saturated carbocycles. The summed E-state index contributed by atoms with van der Waals surface area (Å²) in [6.45, 7) is 5.82. The summed E-state index contributed by atoms with van der Waals surface area (Å²) < 4.78 is 29.0. The summed E-state index contributed by atoms with van der Waals surface area (Å²) in [5.74, 6) is 1.50. The number of carbonyl (C=O) groups excluding carboxylic acids is 1. The Kier molecular flexibility index (Phi) is 6.61. The first-order chi connectivity index (χ1) is 14.7. The van der Waals surface area contributed by atoms with Gasteiger partial charge in [-0.05, 0) is 38.5 Å². The third-order valence-corrected chi connectivity index (χ3v) is 5.21. The van der Waals surface area contributed by atoms with Crippen LogP contribution in [0.1, 0.15) is 26.3 Å². The lowest BCUT2D eigenvalue weighted by atomic mass is 10.1. The maximum Gasteiger partial charge on any atom is 0.412 e. The molecule has 0 bridgehead atoms. The Balaban J connectivity index is 2.12. The Labute approximate surface area is 184 Å². The van der Waals surface area contributed by atoms with E-state index in [1.54, 1.807) is 46.6 Å². The molecule has 0 radical (unpaired) electrons. The molecule has 0 unspecified atom stereocenters. The summed E-state index contributed by atoms with van der Waals surface area (Å²) >= 11 is 1.40. The molecule has 0 aliphatic carbocycles. The van der Waals surface area contributed by atoms with Crippen LogP contribution in [0.5, 0.6) is 17.4 Å². The molecule has 0 spiro atoms. The van der Waals surface area contributed by atoms with Gasteiger partial charge in [0.15, 0.2) is 0 Å². The van der Waals surface area contributed by atoms with Crippen LogP contribution in [0.3, 0.4) is 0 Å². The third kappa shape index (κ3) is 4.70. The second kappa shape index (κ2) is 9.03. The molecular formula is C21H27N3O6S. The van der Waals surface area contributed by atoms with Gasteiger partial charge in [-0.25, -0.2) is 9.31 Å². The number of fused-ring (bicyclic) bond motifs is 1. The van der Waals surface area contributed by atoms with Crippen molar-refractivity contribution in [1.82, 2.24) is 9.61 Å². The van der Waals surface area contributed by atoms with E-state index >= 15 is 0 Å². The molecule has 0 saturated heterocycles. The molecule has 168 valence electrons. The first-order valence-corrected chi connectivity index (χ1v) is 10.4. The highest BCUT2D eigenvalue weighted by atomic mass is 32.1. The summed E-state index contributed by atoms with van der Waals surface area (Å²) in [5.41, 5.74) is 2.17. The smallest absolute Gasteiger partial charge is 0.412 e. The molecule has 2 aromatic heterocycles. The predicted octanol–water partition coefficient (Wildman–Crippen LogP) is 4.58. The Hall–Kier alpha value is -2.98. The number of rotatable bonds is 7. The summed E-state index contributed by atoms with van der Waals surface area (Å²) in [7, 11) is 6.31. The van der Waals surface area contributed by atoms with Crippen LogP contribution in [0, 0.1) is 0 Å². The van der Waals surface area contributed by atoms with Crippen molar-refractivity contribution in [2.45, 2.75) is 33.0 Å². The average molecular weight is 450 g/mol. The number of anilines is 1. The van der Waals surface area contributed by atoms with E-state index < -0.39 is 11.7 Å². The van der Waals surface area contributed by atoms with Crippen molar-refractivity contribution in [2.75, 3.05) is 33.8 Å². The van der Waals surface area contributed by atoms with Gasteiger partial charge in [0.2, 0.25) is 0 Å². The highest BCUT2D eigenvalue weighted by Gasteiger charge is 2.25. The van der Waals surface area contributed by atoms with Crippen LogP contribution in [0.15, 0.2) is 17.5 Å². The summed E-state index contributed by atoms with van der Waals surface area (Å²) in [6.07, 6.45) is -0.588. The molecule has 1 aromatic carbocycles. The maximum atomic E-state index is 12.3. The number of carbonyl (C=O) groups is 1. The first kappa shape index (κ1) is 22.7. The topological polar surface area (TPSA) is 92.6 Å². The van der Waals surface area contributed by atoms with Gasteiger partial charge in [-0.2, -0.15) is 0 Å². The summed E-state index contributed by atoms with van der Waals surface area (Å²) in [4.78, 5) is 13.0. The SMILES string of the molecule is COCc1cc(OC)c(-c2csc3c(NC(=O)OC(C)(C)C)c(OC)nn23)c(OC)c1. The summed E-state index contributed by atoms with van der Waals surface area (Å²) in [5, 5.41) is 9.19. The van der Waals surface area contributed by atoms with Crippen LogP contribution < -0.4 is 19.5 Å². The minimum absolute atomic E-state index is 0.271. The lowest BCUT2D eigenvalue weighted by Crippen LogP contribution is -2.27. The summed E-state index contributed by atoms with van der Waals surface area (Å²) in [6, 6.07) is 3.79. The van der Waals surface area contributed by atoms with Gasteiger partial charge in [0.25, 0.3) is 5.88 Å². The van der Waals surface area contributed by atoms with E-state index in [4.69, 9.17) is 23.7 Å². The zero-order valence-electron chi connectivity index (χ0n) is 18.7. The number of thiazole rings is 1. The molecule has 0 aliphatic heterocycles. The van der Waals surface area contributed by atoms with Crippen molar-refractivity contribution in [3.8, 4) is 28.6 Å². The van der Waals surface area contributed by atoms with Crippen LogP contribution >= 0.6 is 11.3 Å². The van der Waals surface area contributed by atoms with Gasteiger partial charge in [0.05, 0.1) is 39.2 Å². The Morgan fingerprint density at radius 1 is 1.10 bits per heavy atom. The molecular weight excluding hydrogens is 422 g/mol. The van der Waals surface area contributed by atoms with Crippen molar-refractivity contribution in [3.63, 3.8) is 0 Å². The van der Waals surface area contributed by atoms with E-state index in [0.717, 1.165) is 16.8 Å². The van der Waals surface area contributed by atoms with E-state index in [2.05, 4.69) is 10.4 Å². The number of hydrogen-bond donors (Lipinski definition) is 1. The molecule has 1 amide bonds. The molecule has 10 heteroatoms. The van der Waals surface area contributed by atoms with Gasteiger partial charge < -0.3 is 23.7 Å². The van der Waals surface area contributed by atoms with E-state index in [9.17, 15) is 4.79 Å². The van der Waals surface area contributed by atoms with Crippen molar-refractivity contribution >= 4 is 27.9 Å². The zero-order chi connectivity index (χ0) is 22.8. The number of ether oxygens (including phenoxy) is 5. The number of nitrogens with one attached hydrogen (secondary N) is 1. The monoisotopic (exact) mass is 449 g/mol.